The molecule has 0 aromatic heterocycles. The Balaban J connectivity index is 2.18. The smallest absolute Gasteiger partial charge is 0.246 e. The van der Waals surface area contributed by atoms with Crippen LogP contribution in [0.5, 0.6) is 11.5 Å². The summed E-state index contributed by atoms with van der Waals surface area (Å²) in [6.45, 7) is 3.03. The van der Waals surface area contributed by atoms with Gasteiger partial charge in [-0.25, -0.2) is 12.7 Å². The van der Waals surface area contributed by atoms with E-state index in [2.05, 4.69) is 0 Å². The molecule has 0 aliphatic carbocycles. The second-order valence-corrected chi connectivity index (χ2v) is 8.09. The number of hydrogen-bond donors (Lipinski definition) is 0. The number of ether oxygens (including phenoxy) is 3. The molecule has 136 valence electrons. The summed E-state index contributed by atoms with van der Waals surface area (Å²) in [5.74, 6) is 0.854. The highest BCUT2D eigenvalue weighted by atomic mass is 32.2. The van der Waals surface area contributed by atoms with Crippen LogP contribution in [-0.2, 0) is 14.8 Å². The van der Waals surface area contributed by atoms with Crippen molar-refractivity contribution in [2.75, 3.05) is 34.4 Å². The molecule has 2 rings (SSSR count). The summed E-state index contributed by atoms with van der Waals surface area (Å²) in [5.41, 5.74) is 0.826. The van der Waals surface area contributed by atoms with Gasteiger partial charge < -0.3 is 14.2 Å². The lowest BCUT2D eigenvalue weighted by Crippen LogP contribution is -2.31. The van der Waals surface area contributed by atoms with Crippen LogP contribution in [0.4, 0.5) is 0 Å². The molecule has 0 spiro atoms. The van der Waals surface area contributed by atoms with Crippen molar-refractivity contribution in [3.8, 4) is 11.5 Å². The first-order chi connectivity index (χ1) is 11.4. The van der Waals surface area contributed by atoms with E-state index in [0.29, 0.717) is 24.5 Å². The first-order valence-corrected chi connectivity index (χ1v) is 9.64. The Morgan fingerprint density at radius 1 is 1.21 bits per heavy atom. The number of rotatable bonds is 7. The fourth-order valence-corrected chi connectivity index (χ4v) is 4.21. The van der Waals surface area contributed by atoms with Crippen LogP contribution in [0.2, 0.25) is 0 Å². The van der Waals surface area contributed by atoms with E-state index in [4.69, 9.17) is 14.2 Å². The maximum absolute atomic E-state index is 12.9. The molecule has 0 bridgehead atoms. The summed E-state index contributed by atoms with van der Waals surface area (Å²) in [6, 6.07) is 3.21. The molecular formula is C17H27NO5S. The quantitative estimate of drug-likeness (QED) is 0.750. The second kappa shape index (κ2) is 8.18. The van der Waals surface area contributed by atoms with Crippen molar-refractivity contribution in [3.05, 3.63) is 17.7 Å². The van der Waals surface area contributed by atoms with E-state index in [9.17, 15) is 8.42 Å². The summed E-state index contributed by atoms with van der Waals surface area (Å²) >= 11 is 0. The maximum atomic E-state index is 12.9. The third-order valence-corrected chi connectivity index (χ3v) is 6.29. The van der Waals surface area contributed by atoms with Crippen LogP contribution in [0.3, 0.4) is 0 Å². The maximum Gasteiger partial charge on any atom is 0.246 e. The molecule has 0 saturated carbocycles. The zero-order valence-electron chi connectivity index (χ0n) is 14.9. The highest BCUT2D eigenvalue weighted by Gasteiger charge is 2.27. The van der Waals surface area contributed by atoms with Gasteiger partial charge in [0.2, 0.25) is 10.0 Å². The van der Waals surface area contributed by atoms with E-state index in [1.165, 1.54) is 24.6 Å². The fraction of sp³-hybridized carbons (Fsp3) is 0.647. The first kappa shape index (κ1) is 19.0. The lowest BCUT2D eigenvalue weighted by molar-refractivity contribution is 0.00950. The van der Waals surface area contributed by atoms with Gasteiger partial charge in [-0.05, 0) is 44.2 Å². The molecule has 1 aromatic carbocycles. The van der Waals surface area contributed by atoms with E-state index in [1.807, 2.05) is 6.92 Å². The Morgan fingerprint density at radius 3 is 2.50 bits per heavy atom. The number of nitrogens with zero attached hydrogens (tertiary/aromatic N) is 1. The number of benzene rings is 1. The summed E-state index contributed by atoms with van der Waals surface area (Å²) in [7, 11) is 0.920. The average molecular weight is 357 g/mol. The molecule has 1 unspecified atom stereocenters. The minimum Gasteiger partial charge on any atom is -0.496 e. The lowest BCUT2D eigenvalue weighted by Gasteiger charge is -2.25. The van der Waals surface area contributed by atoms with Gasteiger partial charge in [0, 0.05) is 26.3 Å². The van der Waals surface area contributed by atoms with Gasteiger partial charge in [0.25, 0.3) is 0 Å². The monoisotopic (exact) mass is 357 g/mol. The van der Waals surface area contributed by atoms with Gasteiger partial charge in [-0.2, -0.15) is 0 Å². The molecule has 7 heteroatoms. The molecule has 1 aliphatic rings. The van der Waals surface area contributed by atoms with Crippen LogP contribution in [0.1, 0.15) is 31.2 Å². The Morgan fingerprint density at radius 2 is 1.92 bits per heavy atom. The van der Waals surface area contributed by atoms with Crippen LogP contribution in [-0.4, -0.2) is 53.2 Å². The van der Waals surface area contributed by atoms with Crippen molar-refractivity contribution in [2.45, 2.75) is 43.6 Å². The van der Waals surface area contributed by atoms with Gasteiger partial charge in [-0.1, -0.05) is 0 Å². The van der Waals surface area contributed by atoms with E-state index < -0.39 is 10.0 Å². The number of aryl methyl sites for hydroxylation is 1. The van der Waals surface area contributed by atoms with Crippen molar-refractivity contribution in [2.24, 2.45) is 0 Å². The first-order valence-electron chi connectivity index (χ1n) is 8.20. The molecule has 6 nitrogen and oxygen atoms in total. The third-order valence-electron chi connectivity index (χ3n) is 4.41. The Hall–Kier alpha value is -1.31. The second-order valence-electron chi connectivity index (χ2n) is 6.08. The molecule has 24 heavy (non-hydrogen) atoms. The predicted molar refractivity (Wildman–Crippen MR) is 92.3 cm³/mol. The van der Waals surface area contributed by atoms with Gasteiger partial charge in [-0.3, -0.25) is 0 Å². The van der Waals surface area contributed by atoms with E-state index in [-0.39, 0.29) is 11.0 Å². The van der Waals surface area contributed by atoms with Crippen molar-refractivity contribution >= 4 is 10.0 Å². The molecule has 0 N–H and O–H groups in total. The predicted octanol–water partition coefficient (Wildman–Crippen LogP) is 2.59. The number of hydrogen-bond acceptors (Lipinski definition) is 5. The fourth-order valence-electron chi connectivity index (χ4n) is 2.87. The topological polar surface area (TPSA) is 65.1 Å². The Bertz CT molecular complexity index is 653. The highest BCUT2D eigenvalue weighted by molar-refractivity contribution is 7.89. The van der Waals surface area contributed by atoms with Crippen molar-refractivity contribution in [1.82, 2.24) is 4.31 Å². The summed E-state index contributed by atoms with van der Waals surface area (Å²) in [6.07, 6.45) is 4.07. The van der Waals surface area contributed by atoms with E-state index in [1.54, 1.807) is 13.1 Å². The minimum atomic E-state index is -3.66. The molecule has 0 radical (unpaired) electrons. The molecule has 1 atom stereocenters. The average Bonchev–Trinajstić information content (AvgIpc) is 2.59. The minimum absolute atomic E-state index is 0.125. The van der Waals surface area contributed by atoms with Crippen LogP contribution >= 0.6 is 0 Å². The number of sulfonamides is 1. The van der Waals surface area contributed by atoms with Gasteiger partial charge in [0.15, 0.2) is 0 Å². The van der Waals surface area contributed by atoms with Crippen molar-refractivity contribution in [3.63, 3.8) is 0 Å². The lowest BCUT2D eigenvalue weighted by atomic mass is 10.1. The van der Waals surface area contributed by atoms with Crippen molar-refractivity contribution < 1.29 is 22.6 Å². The van der Waals surface area contributed by atoms with Crippen LogP contribution in [0.25, 0.3) is 0 Å². The SMILES string of the molecule is COc1cc(S(=O)(=O)N(C)CCC2CCCCO2)c(OC)cc1C. The Kier molecular flexibility index (Phi) is 6.48. The van der Waals surface area contributed by atoms with E-state index >= 15 is 0 Å². The van der Waals surface area contributed by atoms with Crippen LogP contribution in [0.15, 0.2) is 17.0 Å². The molecule has 1 heterocycles. The largest absolute Gasteiger partial charge is 0.496 e. The molecular weight excluding hydrogens is 330 g/mol. The molecule has 1 aliphatic heterocycles. The zero-order chi connectivity index (χ0) is 17.7. The zero-order valence-corrected chi connectivity index (χ0v) is 15.7. The standard InChI is InChI=1S/C17H27NO5S/c1-13-11-16(22-4)17(12-15(13)21-3)24(19,20)18(2)9-8-14-7-5-6-10-23-14/h11-12,14H,5-10H2,1-4H3. The normalized spacial score (nSPS) is 18.6. The molecule has 1 aromatic rings. The highest BCUT2D eigenvalue weighted by Crippen LogP contribution is 2.33. The third kappa shape index (κ3) is 4.20. The van der Waals surface area contributed by atoms with Crippen molar-refractivity contribution in [1.29, 1.82) is 0 Å². The summed E-state index contributed by atoms with van der Waals surface area (Å²) < 4.78 is 43.4. The molecule has 0 amide bonds. The van der Waals surface area contributed by atoms with Gasteiger partial charge >= 0.3 is 0 Å². The molecule has 1 saturated heterocycles. The Labute approximate surface area is 144 Å². The van der Waals surface area contributed by atoms with Crippen LogP contribution < -0.4 is 9.47 Å². The van der Waals surface area contributed by atoms with E-state index in [0.717, 1.165) is 31.4 Å². The summed E-state index contributed by atoms with van der Waals surface area (Å²) in [4.78, 5) is 0.125. The molecule has 1 fully saturated rings. The number of methoxy groups -OCH3 is 2. The van der Waals surface area contributed by atoms with Gasteiger partial charge in [-0.15, -0.1) is 0 Å². The van der Waals surface area contributed by atoms with Gasteiger partial charge in [0.05, 0.1) is 20.3 Å². The van der Waals surface area contributed by atoms with Crippen LogP contribution in [0, 0.1) is 6.92 Å². The summed E-state index contributed by atoms with van der Waals surface area (Å²) in [5, 5.41) is 0. The van der Waals surface area contributed by atoms with Gasteiger partial charge in [0.1, 0.15) is 16.4 Å².